The van der Waals surface area contributed by atoms with Crippen molar-refractivity contribution in [2.75, 3.05) is 0 Å². The van der Waals surface area contributed by atoms with Gasteiger partial charge < -0.3 is 0 Å². The molecule has 2 fully saturated rings. The lowest BCUT2D eigenvalue weighted by atomic mass is 9.68. The molecule has 0 radical (unpaired) electrons. The van der Waals surface area contributed by atoms with Crippen LogP contribution in [-0.2, 0) is 6.42 Å². The summed E-state index contributed by atoms with van der Waals surface area (Å²) in [7, 11) is 0. The molecule has 0 aliphatic heterocycles. The van der Waals surface area contributed by atoms with Gasteiger partial charge in [0.25, 0.3) is 0 Å². The van der Waals surface area contributed by atoms with Gasteiger partial charge in [-0.15, -0.1) is 13.2 Å². The fourth-order valence-corrected chi connectivity index (χ4v) is 6.90. The van der Waals surface area contributed by atoms with E-state index in [1.807, 2.05) is 24.3 Å². The Balaban J connectivity index is 1.23. The van der Waals surface area contributed by atoms with Gasteiger partial charge in [0.15, 0.2) is 11.6 Å². The van der Waals surface area contributed by atoms with E-state index in [0.717, 1.165) is 41.4 Å². The lowest BCUT2D eigenvalue weighted by Gasteiger charge is -2.37. The fraction of sp³-hybridized carbons (Fsp3) is 0.389. The van der Waals surface area contributed by atoms with Crippen LogP contribution in [-0.4, -0.2) is 0 Å². The standard InChI is InChI=1S/C36H39F3/c1-3-5-6-30-19-22-33(36(39)35(30)38)29-17-13-27(14-18-29)31-20-21-32(34(37)23-31)28-15-11-26(12-16-28)25-9-7-24(4-2)8-10-25/h3-4,13-14,17-26,28H,1-2,5-12,15-16H2. The summed E-state index contributed by atoms with van der Waals surface area (Å²) in [5.41, 5.74) is 3.66. The summed E-state index contributed by atoms with van der Waals surface area (Å²) in [6.45, 7) is 7.61. The Hall–Kier alpha value is -3.07. The normalized spacial score (nSPS) is 23.4. The molecule has 0 spiro atoms. The molecule has 2 aliphatic carbocycles. The highest BCUT2D eigenvalue weighted by atomic mass is 19.2. The first-order valence-electron chi connectivity index (χ1n) is 14.6. The van der Waals surface area contributed by atoms with Gasteiger partial charge in [-0.1, -0.05) is 60.7 Å². The van der Waals surface area contributed by atoms with E-state index < -0.39 is 11.6 Å². The van der Waals surface area contributed by atoms with Gasteiger partial charge in [-0.25, -0.2) is 13.2 Å². The largest absolute Gasteiger partial charge is 0.207 e. The van der Waals surface area contributed by atoms with Gasteiger partial charge >= 0.3 is 0 Å². The maximum Gasteiger partial charge on any atom is 0.166 e. The second kappa shape index (κ2) is 12.4. The molecule has 0 unspecified atom stereocenters. The van der Waals surface area contributed by atoms with E-state index in [-0.39, 0.29) is 17.3 Å². The van der Waals surface area contributed by atoms with Crippen LogP contribution in [0.25, 0.3) is 22.3 Å². The van der Waals surface area contributed by atoms with Gasteiger partial charge in [0.1, 0.15) is 5.82 Å². The molecule has 5 rings (SSSR count). The van der Waals surface area contributed by atoms with E-state index in [2.05, 4.69) is 19.2 Å². The first kappa shape index (κ1) is 27.5. The topological polar surface area (TPSA) is 0 Å². The minimum absolute atomic E-state index is 0.144. The first-order valence-corrected chi connectivity index (χ1v) is 14.6. The molecule has 0 N–H and O–H groups in total. The van der Waals surface area contributed by atoms with Crippen LogP contribution < -0.4 is 0 Å². The monoisotopic (exact) mass is 528 g/mol. The zero-order chi connectivity index (χ0) is 27.4. The van der Waals surface area contributed by atoms with Crippen molar-refractivity contribution in [3.8, 4) is 22.3 Å². The van der Waals surface area contributed by atoms with E-state index >= 15 is 4.39 Å². The maximum atomic E-state index is 15.3. The molecule has 3 aromatic carbocycles. The summed E-state index contributed by atoms with van der Waals surface area (Å²) in [6.07, 6.45) is 14.5. The lowest BCUT2D eigenvalue weighted by Crippen LogP contribution is -2.25. The molecular formula is C36H39F3. The molecule has 0 nitrogen and oxygen atoms in total. The fourth-order valence-electron chi connectivity index (χ4n) is 6.90. The number of benzene rings is 3. The van der Waals surface area contributed by atoms with Gasteiger partial charge in [0, 0.05) is 5.56 Å². The number of hydrogen-bond acceptors (Lipinski definition) is 0. The van der Waals surface area contributed by atoms with Gasteiger partial charge in [-0.05, 0) is 122 Å². The summed E-state index contributed by atoms with van der Waals surface area (Å²) < 4.78 is 44.6. The van der Waals surface area contributed by atoms with Crippen molar-refractivity contribution in [3.63, 3.8) is 0 Å². The molecule has 0 atom stereocenters. The summed E-state index contributed by atoms with van der Waals surface area (Å²) in [6, 6.07) is 16.1. The Morgan fingerprint density at radius 3 is 1.90 bits per heavy atom. The van der Waals surface area contributed by atoms with E-state index in [9.17, 15) is 8.78 Å². The molecule has 3 aromatic rings. The highest BCUT2D eigenvalue weighted by Crippen LogP contribution is 2.44. The van der Waals surface area contributed by atoms with Crippen molar-refractivity contribution in [2.45, 2.75) is 70.1 Å². The number of aryl methyl sites for hydroxylation is 1. The summed E-state index contributed by atoms with van der Waals surface area (Å²) >= 11 is 0. The third kappa shape index (κ3) is 6.08. The quantitative estimate of drug-likeness (QED) is 0.255. The third-order valence-corrected chi connectivity index (χ3v) is 9.34. The van der Waals surface area contributed by atoms with Crippen molar-refractivity contribution in [3.05, 3.63) is 108 Å². The lowest BCUT2D eigenvalue weighted by molar-refractivity contribution is 0.171. The predicted octanol–water partition coefficient (Wildman–Crippen LogP) is 10.8. The minimum Gasteiger partial charge on any atom is -0.207 e. The summed E-state index contributed by atoms with van der Waals surface area (Å²) in [5, 5.41) is 0. The zero-order valence-corrected chi connectivity index (χ0v) is 22.8. The smallest absolute Gasteiger partial charge is 0.166 e. The molecular weight excluding hydrogens is 489 g/mol. The minimum atomic E-state index is -0.834. The Bertz CT molecular complexity index is 1290. The average Bonchev–Trinajstić information content (AvgIpc) is 2.98. The Morgan fingerprint density at radius 1 is 0.667 bits per heavy atom. The number of halogens is 3. The Morgan fingerprint density at radius 2 is 1.28 bits per heavy atom. The van der Waals surface area contributed by atoms with E-state index in [4.69, 9.17) is 0 Å². The molecule has 0 saturated heterocycles. The molecule has 2 saturated carbocycles. The highest BCUT2D eigenvalue weighted by Gasteiger charge is 2.31. The van der Waals surface area contributed by atoms with Crippen LogP contribution in [0.15, 0.2) is 79.9 Å². The van der Waals surface area contributed by atoms with Gasteiger partial charge in [-0.3, -0.25) is 0 Å². The molecule has 0 aromatic heterocycles. The number of hydrogen-bond donors (Lipinski definition) is 0. The zero-order valence-electron chi connectivity index (χ0n) is 22.8. The highest BCUT2D eigenvalue weighted by molar-refractivity contribution is 5.71. The van der Waals surface area contributed by atoms with Crippen LogP contribution >= 0.6 is 0 Å². The average molecular weight is 529 g/mol. The second-order valence-electron chi connectivity index (χ2n) is 11.6. The van der Waals surface area contributed by atoms with Crippen molar-refractivity contribution in [1.29, 1.82) is 0 Å². The SMILES string of the molecule is C=CCCc1ccc(-c2ccc(-c3ccc(C4CCC(C5CCC(C=C)CC5)CC4)c(F)c3)cc2)c(F)c1F. The first-order chi connectivity index (χ1) is 19.0. The van der Waals surface area contributed by atoms with Gasteiger partial charge in [0.05, 0.1) is 0 Å². The van der Waals surface area contributed by atoms with Crippen LogP contribution in [0.2, 0.25) is 0 Å². The molecule has 0 amide bonds. The van der Waals surface area contributed by atoms with Crippen LogP contribution in [0.1, 0.15) is 74.8 Å². The Labute approximate surface area is 231 Å². The molecule has 3 heteroatoms. The molecule has 0 heterocycles. The van der Waals surface area contributed by atoms with E-state index in [1.165, 1.54) is 38.5 Å². The third-order valence-electron chi connectivity index (χ3n) is 9.34. The van der Waals surface area contributed by atoms with Crippen molar-refractivity contribution >= 4 is 0 Å². The molecule has 0 bridgehead atoms. The van der Waals surface area contributed by atoms with Crippen LogP contribution in [0, 0.1) is 35.2 Å². The van der Waals surface area contributed by atoms with Crippen LogP contribution in [0.4, 0.5) is 13.2 Å². The van der Waals surface area contributed by atoms with Gasteiger partial charge in [-0.2, -0.15) is 0 Å². The van der Waals surface area contributed by atoms with Gasteiger partial charge in [0.2, 0.25) is 0 Å². The van der Waals surface area contributed by atoms with Crippen molar-refractivity contribution in [2.24, 2.45) is 17.8 Å². The summed E-state index contributed by atoms with van der Waals surface area (Å²) in [4.78, 5) is 0. The van der Waals surface area contributed by atoms with Crippen LogP contribution in [0.5, 0.6) is 0 Å². The van der Waals surface area contributed by atoms with Crippen LogP contribution in [0.3, 0.4) is 0 Å². The Kier molecular flexibility index (Phi) is 8.75. The number of allylic oxidation sites excluding steroid dienone is 2. The van der Waals surface area contributed by atoms with E-state index in [1.54, 1.807) is 36.4 Å². The molecule has 2 aliphatic rings. The number of rotatable bonds is 8. The van der Waals surface area contributed by atoms with Crippen molar-refractivity contribution < 1.29 is 13.2 Å². The van der Waals surface area contributed by atoms with E-state index in [0.29, 0.717) is 29.9 Å². The molecule has 204 valence electrons. The summed E-state index contributed by atoms with van der Waals surface area (Å²) in [5.74, 6) is 0.824. The molecule has 39 heavy (non-hydrogen) atoms. The predicted molar refractivity (Wildman–Crippen MR) is 156 cm³/mol. The maximum absolute atomic E-state index is 15.3. The van der Waals surface area contributed by atoms with Crippen molar-refractivity contribution in [1.82, 2.24) is 0 Å². The second-order valence-corrected chi connectivity index (χ2v) is 11.6.